The fourth-order valence-corrected chi connectivity index (χ4v) is 6.94. The van der Waals surface area contributed by atoms with Gasteiger partial charge in [-0.25, -0.2) is 0 Å². The van der Waals surface area contributed by atoms with Crippen molar-refractivity contribution in [3.63, 3.8) is 0 Å². The van der Waals surface area contributed by atoms with Gasteiger partial charge in [0.25, 0.3) is 0 Å². The number of hydrogen-bond donors (Lipinski definition) is 6. The van der Waals surface area contributed by atoms with E-state index < -0.39 is 37.3 Å². The Kier molecular flexibility index (Phi) is 10.6. The number of aromatic amines is 1. The summed E-state index contributed by atoms with van der Waals surface area (Å²) in [5.41, 5.74) is 5.73. The first kappa shape index (κ1) is 32.1. The molecule has 1 aromatic carbocycles. The van der Waals surface area contributed by atoms with Crippen LogP contribution in [-0.2, 0) is 11.2 Å². The molecule has 0 saturated carbocycles. The zero-order chi connectivity index (χ0) is 30.6. The highest BCUT2D eigenvalue weighted by atomic mass is 16.7. The van der Waals surface area contributed by atoms with Crippen LogP contribution in [-0.4, -0.2) is 106 Å². The van der Waals surface area contributed by atoms with E-state index in [0.717, 1.165) is 48.4 Å². The van der Waals surface area contributed by atoms with E-state index in [2.05, 4.69) is 71.5 Å². The number of aryl methyl sites for hydroxylation is 1. The molecule has 4 heterocycles. The van der Waals surface area contributed by atoms with Crippen LogP contribution in [0.5, 0.6) is 5.88 Å². The van der Waals surface area contributed by atoms with Crippen molar-refractivity contribution in [2.75, 3.05) is 39.3 Å². The molecule has 0 amide bonds. The molecule has 3 aliphatic rings. The fraction of sp³-hybridized carbons (Fsp3) is 0.667. The largest absolute Gasteiger partial charge is 0.443 e. The van der Waals surface area contributed by atoms with E-state index >= 15 is 0 Å². The van der Waals surface area contributed by atoms with Crippen molar-refractivity contribution >= 4 is 6.08 Å². The van der Waals surface area contributed by atoms with Gasteiger partial charge in [0, 0.05) is 30.8 Å². The van der Waals surface area contributed by atoms with Crippen molar-refractivity contribution in [3.05, 3.63) is 52.2 Å². The predicted molar refractivity (Wildman–Crippen MR) is 165 cm³/mol. The number of hydrogen-bond acceptors (Lipinski definition) is 9. The number of nitrogens with zero attached hydrogens (tertiary/aromatic N) is 2. The van der Waals surface area contributed by atoms with Crippen LogP contribution in [0.1, 0.15) is 79.8 Å². The average molecular weight is 599 g/mol. The van der Waals surface area contributed by atoms with E-state index in [1.54, 1.807) is 0 Å². The van der Waals surface area contributed by atoms with Crippen LogP contribution in [0.3, 0.4) is 0 Å². The topological polar surface area (TPSA) is 143 Å². The van der Waals surface area contributed by atoms with Gasteiger partial charge in [-0.15, -0.1) is 5.10 Å². The number of benzene rings is 1. The van der Waals surface area contributed by atoms with Gasteiger partial charge in [-0.3, -0.25) is 5.10 Å². The SMILES string of the molecule is Cc1cc(/C=C/CCN2CCCC3(CCNCC3)C2)ccc1Cc1c(OC2OC(CO)[C@@H](O)C(O)[C@H]2O)n[nH]c1C(C)C. The van der Waals surface area contributed by atoms with Gasteiger partial charge in [-0.05, 0) is 86.7 Å². The molecule has 0 aliphatic carbocycles. The number of piperidine rings is 2. The first-order chi connectivity index (χ1) is 20.7. The lowest BCUT2D eigenvalue weighted by atomic mass is 9.73. The van der Waals surface area contributed by atoms with Gasteiger partial charge in [0.15, 0.2) is 0 Å². The summed E-state index contributed by atoms with van der Waals surface area (Å²) in [6.45, 7) is 11.6. The summed E-state index contributed by atoms with van der Waals surface area (Å²) in [5, 5.41) is 51.3. The maximum atomic E-state index is 10.5. The Labute approximate surface area is 255 Å². The lowest BCUT2D eigenvalue weighted by molar-refractivity contribution is -0.278. The Morgan fingerprint density at radius 3 is 2.65 bits per heavy atom. The lowest BCUT2D eigenvalue weighted by Crippen LogP contribution is -2.60. The first-order valence-electron chi connectivity index (χ1n) is 15.9. The highest BCUT2D eigenvalue weighted by molar-refractivity contribution is 5.52. The Balaban J connectivity index is 1.22. The smallest absolute Gasteiger partial charge is 0.238 e. The molecule has 10 heteroatoms. The molecule has 1 aromatic heterocycles. The molecular weight excluding hydrogens is 548 g/mol. The van der Waals surface area contributed by atoms with Crippen molar-refractivity contribution < 1.29 is 29.9 Å². The van der Waals surface area contributed by atoms with Gasteiger partial charge < -0.3 is 40.1 Å². The summed E-state index contributed by atoms with van der Waals surface area (Å²) in [7, 11) is 0. The third kappa shape index (κ3) is 7.50. The van der Waals surface area contributed by atoms with Gasteiger partial charge >= 0.3 is 0 Å². The van der Waals surface area contributed by atoms with E-state index in [0.29, 0.717) is 11.8 Å². The van der Waals surface area contributed by atoms with Crippen molar-refractivity contribution in [2.24, 2.45) is 5.41 Å². The van der Waals surface area contributed by atoms with Gasteiger partial charge in [0.1, 0.15) is 24.4 Å². The Bertz CT molecular complexity index is 1220. The second kappa shape index (κ2) is 14.2. The van der Waals surface area contributed by atoms with E-state index in [-0.39, 0.29) is 11.8 Å². The van der Waals surface area contributed by atoms with Crippen LogP contribution in [0.4, 0.5) is 0 Å². The number of aliphatic hydroxyl groups is 4. The number of ether oxygens (including phenoxy) is 2. The molecule has 43 heavy (non-hydrogen) atoms. The maximum absolute atomic E-state index is 10.5. The van der Waals surface area contributed by atoms with Crippen LogP contribution < -0.4 is 10.1 Å². The zero-order valence-corrected chi connectivity index (χ0v) is 25.8. The van der Waals surface area contributed by atoms with Crippen LogP contribution >= 0.6 is 0 Å². The minimum Gasteiger partial charge on any atom is -0.443 e. The highest BCUT2D eigenvalue weighted by Crippen LogP contribution is 2.38. The molecule has 3 aliphatic heterocycles. The number of aliphatic hydroxyl groups excluding tert-OH is 4. The Morgan fingerprint density at radius 2 is 1.93 bits per heavy atom. The molecule has 3 unspecified atom stereocenters. The molecule has 238 valence electrons. The first-order valence-corrected chi connectivity index (χ1v) is 15.9. The molecule has 0 radical (unpaired) electrons. The van der Waals surface area contributed by atoms with Crippen LogP contribution in [0.2, 0.25) is 0 Å². The fourth-order valence-electron chi connectivity index (χ4n) is 6.94. The molecule has 0 bridgehead atoms. The van der Waals surface area contributed by atoms with Crippen molar-refractivity contribution in [1.29, 1.82) is 0 Å². The minimum atomic E-state index is -1.52. The molecule has 3 saturated heterocycles. The molecule has 10 nitrogen and oxygen atoms in total. The maximum Gasteiger partial charge on any atom is 0.238 e. The van der Waals surface area contributed by atoms with Gasteiger partial charge in [0.2, 0.25) is 12.2 Å². The van der Waals surface area contributed by atoms with Crippen LogP contribution in [0.15, 0.2) is 24.3 Å². The van der Waals surface area contributed by atoms with Crippen molar-refractivity contribution in [1.82, 2.24) is 20.4 Å². The molecule has 6 N–H and O–H groups in total. The average Bonchev–Trinajstić information content (AvgIpc) is 3.39. The monoisotopic (exact) mass is 598 g/mol. The molecule has 5 rings (SSSR count). The molecular formula is C33H50N4O6. The zero-order valence-electron chi connectivity index (χ0n) is 25.8. The number of aromatic nitrogens is 2. The van der Waals surface area contributed by atoms with Gasteiger partial charge in [-0.2, -0.15) is 0 Å². The van der Waals surface area contributed by atoms with E-state index in [1.165, 1.54) is 44.3 Å². The van der Waals surface area contributed by atoms with Crippen molar-refractivity contribution in [2.45, 2.75) is 95.9 Å². The number of likely N-dealkylation sites (tertiary alicyclic amines) is 1. The van der Waals surface area contributed by atoms with Crippen LogP contribution in [0, 0.1) is 12.3 Å². The summed E-state index contributed by atoms with van der Waals surface area (Å²) in [6, 6.07) is 6.47. The second-order valence-electron chi connectivity index (χ2n) is 13.1. The van der Waals surface area contributed by atoms with Crippen molar-refractivity contribution in [3.8, 4) is 5.88 Å². The third-order valence-corrected chi connectivity index (χ3v) is 9.58. The third-order valence-electron chi connectivity index (χ3n) is 9.58. The summed E-state index contributed by atoms with van der Waals surface area (Å²) in [4.78, 5) is 2.66. The normalized spacial score (nSPS) is 28.2. The standard InChI is InChI=1S/C33H50N4O6/c1-21(2)27-25(31(36-35-27)43-32-30(41)29(40)28(39)26(19-38)42-32)18-24-9-8-23(17-22(24)3)7-4-5-15-37-16-6-10-33(20-37)11-13-34-14-12-33/h4,7-9,17,21,26,28-30,32,34,38-41H,5-6,10-16,18-20H2,1-3H3,(H,35,36)/b7-4+/t26?,28-,29?,30-,32?/m1/s1. The quantitative estimate of drug-likeness (QED) is 0.243. The number of H-pyrrole nitrogens is 1. The molecule has 2 aromatic rings. The van der Waals surface area contributed by atoms with Gasteiger partial charge in [-0.1, -0.05) is 44.2 Å². The molecule has 5 atom stereocenters. The second-order valence-corrected chi connectivity index (χ2v) is 13.1. The number of rotatable bonds is 10. The Hall–Kier alpha value is -2.31. The summed E-state index contributed by atoms with van der Waals surface area (Å²) in [5.74, 6) is 0.405. The summed E-state index contributed by atoms with van der Waals surface area (Å²) in [6.07, 6.45) is 4.60. The van der Waals surface area contributed by atoms with Crippen LogP contribution in [0.25, 0.3) is 6.08 Å². The Morgan fingerprint density at radius 1 is 1.14 bits per heavy atom. The van der Waals surface area contributed by atoms with E-state index in [9.17, 15) is 20.4 Å². The highest BCUT2D eigenvalue weighted by Gasteiger charge is 2.45. The lowest BCUT2D eigenvalue weighted by Gasteiger charge is -2.45. The van der Waals surface area contributed by atoms with Gasteiger partial charge in [0.05, 0.1) is 6.61 Å². The number of nitrogens with one attached hydrogen (secondary N) is 2. The predicted octanol–water partition coefficient (Wildman–Crippen LogP) is 2.48. The summed E-state index contributed by atoms with van der Waals surface area (Å²) < 4.78 is 11.5. The summed E-state index contributed by atoms with van der Waals surface area (Å²) >= 11 is 0. The van der Waals surface area contributed by atoms with E-state index in [4.69, 9.17) is 9.47 Å². The molecule has 3 fully saturated rings. The molecule has 1 spiro atoms. The minimum absolute atomic E-state index is 0.140. The van der Waals surface area contributed by atoms with E-state index in [1.807, 2.05) is 0 Å².